The van der Waals surface area contributed by atoms with Crippen molar-refractivity contribution >= 4 is 26.7 Å². The normalized spacial score (nSPS) is 10.2. The molecule has 17 heavy (non-hydrogen) atoms. The minimum atomic E-state index is 0.204. The maximum atomic E-state index is 9.05. The van der Waals surface area contributed by atoms with E-state index in [-0.39, 0.29) is 6.79 Å². The molecular weight excluding hydrogens is 282 g/mol. The molecule has 0 aliphatic heterocycles. The second kappa shape index (κ2) is 5.17. The molecule has 2 aromatic rings. The number of rotatable bonds is 3. The van der Waals surface area contributed by atoms with Gasteiger partial charge in [-0.05, 0) is 39.5 Å². The van der Waals surface area contributed by atoms with Crippen LogP contribution in [-0.4, -0.2) is 13.9 Å². The van der Waals surface area contributed by atoms with E-state index in [4.69, 9.17) is 14.7 Å². The molecule has 0 aliphatic carbocycles. The summed E-state index contributed by atoms with van der Waals surface area (Å²) < 4.78 is 11.1. The van der Waals surface area contributed by atoms with Crippen molar-refractivity contribution in [2.45, 2.75) is 0 Å². The third-order valence-electron chi connectivity index (χ3n) is 2.37. The molecule has 0 amide bonds. The van der Waals surface area contributed by atoms with Crippen molar-refractivity contribution in [3.63, 3.8) is 0 Å². The molecule has 0 atom stereocenters. The molecule has 0 saturated carbocycles. The molecule has 0 aliphatic rings. The first-order valence-electron chi connectivity index (χ1n) is 5.00. The highest BCUT2D eigenvalue weighted by atomic mass is 79.9. The number of fused-ring (bicyclic) bond motifs is 1. The molecule has 86 valence electrons. The summed E-state index contributed by atoms with van der Waals surface area (Å²) in [6.45, 7) is 0.204. The van der Waals surface area contributed by atoms with Crippen LogP contribution in [0.25, 0.3) is 10.8 Å². The Morgan fingerprint density at radius 3 is 2.88 bits per heavy atom. The van der Waals surface area contributed by atoms with Crippen molar-refractivity contribution in [1.82, 2.24) is 0 Å². The van der Waals surface area contributed by atoms with Crippen molar-refractivity contribution in [3.8, 4) is 11.8 Å². The van der Waals surface area contributed by atoms with Crippen LogP contribution in [0, 0.1) is 11.3 Å². The van der Waals surface area contributed by atoms with E-state index >= 15 is 0 Å². The van der Waals surface area contributed by atoms with Crippen LogP contribution < -0.4 is 4.74 Å². The van der Waals surface area contributed by atoms with Crippen LogP contribution >= 0.6 is 15.9 Å². The number of hydrogen-bond donors (Lipinski definition) is 0. The molecule has 2 aromatic carbocycles. The van der Waals surface area contributed by atoms with Gasteiger partial charge in [0.25, 0.3) is 0 Å². The standard InChI is InChI=1S/C13H10BrNO2/c1-16-8-17-11-5-9-3-2-4-10(7-15)13(9)12(14)6-11/h2-6H,8H2,1H3. The molecule has 0 unspecified atom stereocenters. The van der Waals surface area contributed by atoms with E-state index in [1.54, 1.807) is 13.2 Å². The van der Waals surface area contributed by atoms with E-state index in [2.05, 4.69) is 22.0 Å². The lowest BCUT2D eigenvalue weighted by atomic mass is 10.1. The number of nitrogens with zero attached hydrogens (tertiary/aromatic N) is 1. The first-order chi connectivity index (χ1) is 8.26. The average Bonchev–Trinajstić information content (AvgIpc) is 2.35. The number of methoxy groups -OCH3 is 1. The third kappa shape index (κ3) is 2.41. The lowest BCUT2D eigenvalue weighted by Gasteiger charge is -2.08. The number of hydrogen-bond acceptors (Lipinski definition) is 3. The summed E-state index contributed by atoms with van der Waals surface area (Å²) in [5.74, 6) is 0.710. The quantitative estimate of drug-likeness (QED) is 0.814. The van der Waals surface area contributed by atoms with Gasteiger partial charge in [0.15, 0.2) is 6.79 Å². The Hall–Kier alpha value is -1.57. The number of benzene rings is 2. The lowest BCUT2D eigenvalue weighted by molar-refractivity contribution is 0.0512. The van der Waals surface area contributed by atoms with Crippen LogP contribution in [-0.2, 0) is 4.74 Å². The predicted octanol–water partition coefficient (Wildman–Crippen LogP) is 3.46. The maximum Gasteiger partial charge on any atom is 0.188 e. The van der Waals surface area contributed by atoms with Gasteiger partial charge in [0, 0.05) is 17.0 Å². The topological polar surface area (TPSA) is 42.2 Å². The van der Waals surface area contributed by atoms with Crippen molar-refractivity contribution in [2.24, 2.45) is 0 Å². The first kappa shape index (κ1) is 11.9. The number of halogens is 1. The van der Waals surface area contributed by atoms with Crippen LogP contribution in [0.3, 0.4) is 0 Å². The van der Waals surface area contributed by atoms with Crippen LogP contribution in [0.2, 0.25) is 0 Å². The van der Waals surface area contributed by atoms with Crippen LogP contribution in [0.4, 0.5) is 0 Å². The molecule has 4 heteroatoms. The van der Waals surface area contributed by atoms with Gasteiger partial charge >= 0.3 is 0 Å². The largest absolute Gasteiger partial charge is 0.468 e. The van der Waals surface area contributed by atoms with Gasteiger partial charge in [0.05, 0.1) is 11.6 Å². The van der Waals surface area contributed by atoms with Crippen LogP contribution in [0.15, 0.2) is 34.8 Å². The van der Waals surface area contributed by atoms with Gasteiger partial charge in [0.1, 0.15) is 5.75 Å². The Balaban J connectivity index is 2.56. The second-order valence-electron chi connectivity index (χ2n) is 3.47. The summed E-state index contributed by atoms with van der Waals surface area (Å²) in [6.07, 6.45) is 0. The van der Waals surface area contributed by atoms with E-state index in [0.29, 0.717) is 11.3 Å². The minimum absolute atomic E-state index is 0.204. The van der Waals surface area contributed by atoms with E-state index in [1.165, 1.54) is 0 Å². The summed E-state index contributed by atoms with van der Waals surface area (Å²) in [5.41, 5.74) is 0.646. The Morgan fingerprint density at radius 2 is 2.18 bits per heavy atom. The fourth-order valence-electron chi connectivity index (χ4n) is 1.65. The first-order valence-corrected chi connectivity index (χ1v) is 5.79. The Bertz CT molecular complexity index is 590. The van der Waals surface area contributed by atoms with Gasteiger partial charge in [-0.25, -0.2) is 0 Å². The highest BCUT2D eigenvalue weighted by molar-refractivity contribution is 9.10. The molecule has 3 nitrogen and oxygen atoms in total. The number of nitriles is 1. The van der Waals surface area contributed by atoms with E-state index in [0.717, 1.165) is 15.2 Å². The van der Waals surface area contributed by atoms with Gasteiger partial charge in [0.2, 0.25) is 0 Å². The maximum absolute atomic E-state index is 9.05. The molecule has 0 saturated heterocycles. The molecule has 2 rings (SSSR count). The summed E-state index contributed by atoms with van der Waals surface area (Å²) in [7, 11) is 1.57. The minimum Gasteiger partial charge on any atom is -0.468 e. The molecule has 0 fully saturated rings. The monoisotopic (exact) mass is 291 g/mol. The highest BCUT2D eigenvalue weighted by Gasteiger charge is 2.07. The van der Waals surface area contributed by atoms with Gasteiger partial charge in [-0.1, -0.05) is 12.1 Å². The van der Waals surface area contributed by atoms with Crippen molar-refractivity contribution < 1.29 is 9.47 Å². The molecule has 0 spiro atoms. The Kier molecular flexibility index (Phi) is 3.62. The van der Waals surface area contributed by atoms with Crippen molar-refractivity contribution in [2.75, 3.05) is 13.9 Å². The van der Waals surface area contributed by atoms with E-state index in [9.17, 15) is 0 Å². The summed E-state index contributed by atoms with van der Waals surface area (Å²) >= 11 is 3.46. The fourth-order valence-corrected chi connectivity index (χ4v) is 2.32. The zero-order chi connectivity index (χ0) is 12.3. The van der Waals surface area contributed by atoms with Crippen molar-refractivity contribution in [3.05, 3.63) is 40.4 Å². The zero-order valence-corrected chi connectivity index (χ0v) is 10.8. The SMILES string of the molecule is COCOc1cc(Br)c2c(C#N)cccc2c1. The van der Waals surface area contributed by atoms with Crippen LogP contribution in [0.1, 0.15) is 5.56 Å². The van der Waals surface area contributed by atoms with E-state index in [1.807, 2.05) is 24.3 Å². The second-order valence-corrected chi connectivity index (χ2v) is 4.33. The van der Waals surface area contributed by atoms with Crippen molar-refractivity contribution in [1.29, 1.82) is 5.26 Å². The Morgan fingerprint density at radius 1 is 1.35 bits per heavy atom. The molecule has 0 N–H and O–H groups in total. The third-order valence-corrected chi connectivity index (χ3v) is 2.99. The Labute approximate surface area is 108 Å². The molecule has 0 bridgehead atoms. The highest BCUT2D eigenvalue weighted by Crippen LogP contribution is 2.31. The fraction of sp³-hybridized carbons (Fsp3) is 0.154. The smallest absolute Gasteiger partial charge is 0.188 e. The molecular formula is C13H10BrNO2. The van der Waals surface area contributed by atoms with Gasteiger partial charge in [-0.3, -0.25) is 0 Å². The molecule has 0 radical (unpaired) electrons. The molecule has 0 heterocycles. The van der Waals surface area contributed by atoms with Gasteiger partial charge in [-0.15, -0.1) is 0 Å². The number of ether oxygens (including phenoxy) is 2. The van der Waals surface area contributed by atoms with Gasteiger partial charge in [-0.2, -0.15) is 5.26 Å². The predicted molar refractivity (Wildman–Crippen MR) is 68.9 cm³/mol. The zero-order valence-electron chi connectivity index (χ0n) is 9.24. The summed E-state index contributed by atoms with van der Waals surface area (Å²) in [5, 5.41) is 10.9. The molecule has 0 aromatic heterocycles. The summed E-state index contributed by atoms with van der Waals surface area (Å²) in [6, 6.07) is 11.5. The van der Waals surface area contributed by atoms with E-state index < -0.39 is 0 Å². The lowest BCUT2D eigenvalue weighted by Crippen LogP contribution is -1.98. The summed E-state index contributed by atoms with van der Waals surface area (Å²) in [4.78, 5) is 0. The van der Waals surface area contributed by atoms with Crippen LogP contribution in [0.5, 0.6) is 5.75 Å². The average molecular weight is 292 g/mol. The van der Waals surface area contributed by atoms with Gasteiger partial charge < -0.3 is 9.47 Å².